The minimum absolute atomic E-state index is 0.744. The van der Waals surface area contributed by atoms with Crippen LogP contribution in [0.4, 0.5) is 0 Å². The summed E-state index contributed by atoms with van der Waals surface area (Å²) in [4.78, 5) is 0. The molecule has 25 atom stereocenters. The van der Waals surface area contributed by atoms with Gasteiger partial charge in [-0.3, -0.25) is 0 Å². The Labute approximate surface area is 323 Å². The molecule has 5 heterocycles. The highest BCUT2D eigenvalue weighted by molar-refractivity contribution is 4.98. The number of hydrogen-bond donors (Lipinski definition) is 16. The van der Waals surface area contributed by atoms with E-state index in [1.54, 1.807) is 0 Å². The van der Waals surface area contributed by atoms with Crippen LogP contribution >= 0.6 is 0 Å². The van der Waals surface area contributed by atoms with Gasteiger partial charge in [0.05, 0.1) is 33.0 Å². The zero-order valence-corrected chi connectivity index (χ0v) is 30.2. The van der Waals surface area contributed by atoms with E-state index in [9.17, 15) is 81.7 Å². The van der Waals surface area contributed by atoms with Crippen LogP contribution in [0.1, 0.15) is 0 Å². The number of aliphatic hydroxyl groups is 16. The Morgan fingerprint density at radius 2 is 0.702 bits per heavy atom. The Morgan fingerprint density at radius 1 is 0.333 bits per heavy atom. The maximum atomic E-state index is 11.2. The van der Waals surface area contributed by atoms with E-state index >= 15 is 0 Å². The fourth-order valence-corrected chi connectivity index (χ4v) is 7.11. The van der Waals surface area contributed by atoms with Gasteiger partial charge in [-0.15, -0.1) is 0 Å². The second kappa shape index (κ2) is 20.2. The van der Waals surface area contributed by atoms with Gasteiger partial charge in [-0.1, -0.05) is 0 Å². The van der Waals surface area contributed by atoms with E-state index in [0.717, 1.165) is 7.11 Å². The van der Waals surface area contributed by atoms with Crippen molar-refractivity contribution in [3.63, 3.8) is 0 Å². The molecule has 0 saturated carbocycles. The Hall–Kier alpha value is -1.04. The van der Waals surface area contributed by atoms with Crippen molar-refractivity contribution in [1.29, 1.82) is 0 Å². The summed E-state index contributed by atoms with van der Waals surface area (Å²) >= 11 is 0. The summed E-state index contributed by atoms with van der Waals surface area (Å²) in [7, 11) is 1.15. The SMILES string of the molecule is CO[C@@H]1[C@@H](O)[C@H](O[C@@H]2[C@@H](O)[C@H](O[C@H]3[C@H](O)[C@@H](O)[C@H](OC[C@H]4O[C@H](O[C@H]5O[C@H](CO)[C@@H](O)[C@H](O)[C@H]5O)[C@H](O)[C@@H](O)[C@@H]4O)O[C@@H]3CO)O[C@H](CO)[C@H]2O)O[C@H](CO)[C@H]1O. The number of hydrogen-bond acceptors (Lipinski definition) is 26. The van der Waals surface area contributed by atoms with Gasteiger partial charge in [-0.05, 0) is 0 Å². The highest BCUT2D eigenvalue weighted by Gasteiger charge is 2.55. The van der Waals surface area contributed by atoms with Crippen LogP contribution in [0.2, 0.25) is 0 Å². The molecule has 5 saturated heterocycles. The van der Waals surface area contributed by atoms with Gasteiger partial charge in [0.25, 0.3) is 0 Å². The average molecular weight is 843 g/mol. The number of aliphatic hydroxyl groups excluding tert-OH is 16. The monoisotopic (exact) mass is 842 g/mol. The molecule has 0 aromatic carbocycles. The van der Waals surface area contributed by atoms with Crippen molar-refractivity contribution < 1.29 is 129 Å². The summed E-state index contributed by atoms with van der Waals surface area (Å²) in [5, 5.41) is 166. The van der Waals surface area contributed by atoms with Gasteiger partial charge in [0.1, 0.15) is 122 Å². The van der Waals surface area contributed by atoms with Crippen molar-refractivity contribution in [2.75, 3.05) is 40.1 Å². The highest BCUT2D eigenvalue weighted by Crippen LogP contribution is 2.34. The zero-order valence-electron chi connectivity index (χ0n) is 30.2. The third kappa shape index (κ3) is 9.72. The summed E-state index contributed by atoms with van der Waals surface area (Å²) in [5.41, 5.74) is 0. The van der Waals surface area contributed by atoms with Crippen LogP contribution in [0.25, 0.3) is 0 Å². The van der Waals surface area contributed by atoms with Crippen LogP contribution in [0, 0.1) is 0 Å². The molecular formula is C31H54O26. The maximum absolute atomic E-state index is 11.2. The largest absolute Gasteiger partial charge is 0.394 e. The standard InChI is InChI=1S/C31H54O26/c1-48-25-14(38)8(3-33)51-30(22(25)46)56-26-15(39)9(4-34)52-31(23(26)47)55-24-10(5-35)53-27(21(45)18(24)42)49-6-11-13(37)17(41)20(44)29(54-11)57-28-19(43)16(40)12(36)7(2-32)50-28/h7-47H,2-6H2,1H3/t7-,8-,9-,10-,11-,12-,13-,14-,15-,16+,17+,18-,19-,20-,21-,22-,23-,24-,25+,26+,27-,28-,29-,30+,31+/m1/s1. The van der Waals surface area contributed by atoms with Crippen molar-refractivity contribution in [3.8, 4) is 0 Å². The summed E-state index contributed by atoms with van der Waals surface area (Å²) < 4.78 is 54.6. The second-order valence-electron chi connectivity index (χ2n) is 14.2. The molecule has 0 spiro atoms. The van der Waals surface area contributed by atoms with Crippen LogP contribution < -0.4 is 0 Å². The van der Waals surface area contributed by atoms with Crippen LogP contribution in [0.5, 0.6) is 0 Å². The van der Waals surface area contributed by atoms with Crippen LogP contribution in [0.3, 0.4) is 0 Å². The lowest BCUT2D eigenvalue weighted by molar-refractivity contribution is -0.388. The molecule has 0 radical (unpaired) electrons. The van der Waals surface area contributed by atoms with E-state index in [2.05, 4.69) is 0 Å². The summed E-state index contributed by atoms with van der Waals surface area (Å²) in [6, 6.07) is 0. The lowest BCUT2D eigenvalue weighted by Gasteiger charge is -2.48. The third-order valence-electron chi connectivity index (χ3n) is 10.5. The van der Waals surface area contributed by atoms with Crippen molar-refractivity contribution >= 4 is 0 Å². The van der Waals surface area contributed by atoms with Gasteiger partial charge in [0, 0.05) is 7.11 Å². The average Bonchev–Trinajstić information content (AvgIpc) is 3.20. The fraction of sp³-hybridized carbons (Fsp3) is 1.00. The Kier molecular flexibility index (Phi) is 16.7. The van der Waals surface area contributed by atoms with Gasteiger partial charge >= 0.3 is 0 Å². The van der Waals surface area contributed by atoms with E-state index in [-0.39, 0.29) is 0 Å². The third-order valence-corrected chi connectivity index (χ3v) is 10.5. The molecule has 0 aromatic rings. The topological polar surface area (TPSA) is 416 Å². The molecule has 57 heavy (non-hydrogen) atoms. The fourth-order valence-electron chi connectivity index (χ4n) is 7.11. The van der Waals surface area contributed by atoms with E-state index in [1.165, 1.54) is 0 Å². The van der Waals surface area contributed by atoms with Crippen LogP contribution in [-0.4, -0.2) is 275 Å². The number of methoxy groups -OCH3 is 1. The molecule has 5 fully saturated rings. The Balaban J connectivity index is 1.23. The van der Waals surface area contributed by atoms with E-state index in [1.807, 2.05) is 0 Å². The molecule has 0 bridgehead atoms. The minimum Gasteiger partial charge on any atom is -0.394 e. The molecule has 26 heteroatoms. The maximum Gasteiger partial charge on any atom is 0.189 e. The molecule has 0 aliphatic carbocycles. The lowest BCUT2D eigenvalue weighted by atomic mass is 9.96. The molecule has 16 N–H and O–H groups in total. The molecular weight excluding hydrogens is 788 g/mol. The molecule has 0 unspecified atom stereocenters. The van der Waals surface area contributed by atoms with E-state index in [4.69, 9.17) is 47.4 Å². The molecule has 26 nitrogen and oxygen atoms in total. The predicted molar refractivity (Wildman–Crippen MR) is 171 cm³/mol. The number of ether oxygens (including phenoxy) is 10. The van der Waals surface area contributed by atoms with Crippen molar-refractivity contribution in [2.24, 2.45) is 0 Å². The first-order valence-corrected chi connectivity index (χ1v) is 18.0. The lowest BCUT2D eigenvalue weighted by Crippen LogP contribution is -2.67. The van der Waals surface area contributed by atoms with Gasteiger partial charge in [0.2, 0.25) is 0 Å². The summed E-state index contributed by atoms with van der Waals surface area (Å²) in [5.74, 6) is 0. The molecule has 0 aromatic heterocycles. The van der Waals surface area contributed by atoms with Crippen molar-refractivity contribution in [1.82, 2.24) is 0 Å². The van der Waals surface area contributed by atoms with Gasteiger partial charge < -0.3 is 129 Å². The second-order valence-corrected chi connectivity index (χ2v) is 14.2. The van der Waals surface area contributed by atoms with Crippen molar-refractivity contribution in [3.05, 3.63) is 0 Å². The first-order chi connectivity index (χ1) is 27.0. The molecule has 334 valence electrons. The van der Waals surface area contributed by atoms with Gasteiger partial charge in [-0.2, -0.15) is 0 Å². The Bertz CT molecular complexity index is 1220. The van der Waals surface area contributed by atoms with E-state index in [0.29, 0.717) is 0 Å². The van der Waals surface area contributed by atoms with Gasteiger partial charge in [-0.25, -0.2) is 0 Å². The van der Waals surface area contributed by atoms with Crippen molar-refractivity contribution in [2.45, 2.75) is 154 Å². The quantitative estimate of drug-likeness (QED) is 0.0772. The minimum atomic E-state index is -2.03. The van der Waals surface area contributed by atoms with E-state index < -0.39 is 187 Å². The molecule has 5 aliphatic heterocycles. The zero-order chi connectivity index (χ0) is 42.0. The first kappa shape index (κ1) is 47.0. The molecule has 5 rings (SSSR count). The predicted octanol–water partition coefficient (Wildman–Crippen LogP) is -11.3. The van der Waals surface area contributed by atoms with Gasteiger partial charge in [0.15, 0.2) is 31.5 Å². The smallest absolute Gasteiger partial charge is 0.189 e. The molecule has 0 amide bonds. The number of rotatable bonds is 14. The summed E-state index contributed by atoms with van der Waals surface area (Å²) in [6.07, 6.45) is -44.0. The first-order valence-electron chi connectivity index (χ1n) is 18.0. The summed E-state index contributed by atoms with van der Waals surface area (Å²) in [6.45, 7) is -4.15. The van der Waals surface area contributed by atoms with Crippen LogP contribution in [-0.2, 0) is 47.4 Å². The normalized spacial score (nSPS) is 52.5. The molecule has 5 aliphatic rings. The highest BCUT2D eigenvalue weighted by atomic mass is 16.8. The van der Waals surface area contributed by atoms with Crippen LogP contribution in [0.15, 0.2) is 0 Å². The Morgan fingerprint density at radius 3 is 1.19 bits per heavy atom.